The molecule has 0 fully saturated rings. The van der Waals surface area contributed by atoms with Gasteiger partial charge in [0.1, 0.15) is 5.82 Å². The molecule has 0 N–H and O–H groups in total. The van der Waals surface area contributed by atoms with E-state index in [0.717, 1.165) is 50.0 Å². The van der Waals surface area contributed by atoms with Gasteiger partial charge in [-0.15, -0.1) is 0 Å². The SMILES string of the molecule is CN(C)C[C@H]1CN(Cc2ccc3c(c2)OCO3)Cc2nccn2C1. The first-order chi connectivity index (χ1) is 11.7. The smallest absolute Gasteiger partial charge is 0.231 e. The normalized spacial score (nSPS) is 20.2. The van der Waals surface area contributed by atoms with Crippen LogP contribution in [-0.4, -0.2) is 53.3 Å². The first kappa shape index (κ1) is 15.5. The molecule has 6 nitrogen and oxygen atoms in total. The molecule has 0 spiro atoms. The molecular formula is C18H24N4O2. The van der Waals surface area contributed by atoms with Crippen molar-refractivity contribution in [3.63, 3.8) is 0 Å². The summed E-state index contributed by atoms with van der Waals surface area (Å²) in [6.07, 6.45) is 4.01. The predicted molar refractivity (Wildman–Crippen MR) is 91.0 cm³/mol. The van der Waals surface area contributed by atoms with E-state index in [1.165, 1.54) is 5.56 Å². The van der Waals surface area contributed by atoms with Crippen molar-refractivity contribution in [3.8, 4) is 11.5 Å². The second-order valence-corrected chi connectivity index (χ2v) is 6.98. The van der Waals surface area contributed by atoms with E-state index >= 15 is 0 Å². The second-order valence-electron chi connectivity index (χ2n) is 6.98. The lowest BCUT2D eigenvalue weighted by atomic mass is 10.1. The summed E-state index contributed by atoms with van der Waals surface area (Å²) in [6.45, 7) is 5.28. The van der Waals surface area contributed by atoms with Gasteiger partial charge in [0, 0.05) is 44.5 Å². The Morgan fingerprint density at radius 3 is 2.96 bits per heavy atom. The number of fused-ring (bicyclic) bond motifs is 2. The van der Waals surface area contributed by atoms with E-state index < -0.39 is 0 Å². The summed E-state index contributed by atoms with van der Waals surface area (Å²) < 4.78 is 13.2. The van der Waals surface area contributed by atoms with Crippen molar-refractivity contribution < 1.29 is 9.47 Å². The molecule has 2 aromatic rings. The largest absolute Gasteiger partial charge is 0.454 e. The van der Waals surface area contributed by atoms with Gasteiger partial charge in [-0.2, -0.15) is 0 Å². The van der Waals surface area contributed by atoms with E-state index in [0.29, 0.717) is 12.7 Å². The van der Waals surface area contributed by atoms with E-state index in [1.807, 2.05) is 12.3 Å². The molecule has 128 valence electrons. The molecule has 1 aromatic heterocycles. The Kier molecular flexibility index (Phi) is 4.16. The summed E-state index contributed by atoms with van der Waals surface area (Å²) in [5.41, 5.74) is 1.25. The Morgan fingerprint density at radius 1 is 1.21 bits per heavy atom. The van der Waals surface area contributed by atoms with Gasteiger partial charge in [0.2, 0.25) is 6.79 Å². The highest BCUT2D eigenvalue weighted by Crippen LogP contribution is 2.33. The zero-order chi connectivity index (χ0) is 16.5. The van der Waals surface area contributed by atoms with Crippen LogP contribution in [0.1, 0.15) is 11.4 Å². The van der Waals surface area contributed by atoms with Crippen LogP contribution in [0.5, 0.6) is 11.5 Å². The minimum Gasteiger partial charge on any atom is -0.454 e. The van der Waals surface area contributed by atoms with Gasteiger partial charge < -0.3 is 18.9 Å². The summed E-state index contributed by atoms with van der Waals surface area (Å²) in [5.74, 6) is 3.44. The average Bonchev–Trinajstić information content (AvgIpc) is 3.13. The maximum atomic E-state index is 5.51. The topological polar surface area (TPSA) is 42.8 Å². The fraction of sp³-hybridized carbons (Fsp3) is 0.500. The fourth-order valence-electron chi connectivity index (χ4n) is 3.67. The van der Waals surface area contributed by atoms with Gasteiger partial charge >= 0.3 is 0 Å². The molecule has 0 saturated carbocycles. The maximum Gasteiger partial charge on any atom is 0.231 e. The Balaban J connectivity index is 1.53. The summed E-state index contributed by atoms with van der Waals surface area (Å²) in [6, 6.07) is 6.24. The average molecular weight is 328 g/mol. The van der Waals surface area contributed by atoms with Gasteiger partial charge in [-0.25, -0.2) is 4.98 Å². The van der Waals surface area contributed by atoms with Crippen molar-refractivity contribution in [1.82, 2.24) is 19.4 Å². The molecule has 0 amide bonds. The van der Waals surface area contributed by atoms with Crippen molar-refractivity contribution in [2.75, 3.05) is 34.0 Å². The first-order valence-corrected chi connectivity index (χ1v) is 8.43. The summed E-state index contributed by atoms with van der Waals surface area (Å²) >= 11 is 0. The molecule has 4 rings (SSSR count). The fourth-order valence-corrected chi connectivity index (χ4v) is 3.67. The van der Waals surface area contributed by atoms with Crippen molar-refractivity contribution in [2.24, 2.45) is 5.92 Å². The van der Waals surface area contributed by atoms with Crippen molar-refractivity contribution in [2.45, 2.75) is 19.6 Å². The summed E-state index contributed by atoms with van der Waals surface area (Å²) in [5, 5.41) is 0. The third kappa shape index (κ3) is 3.25. The third-order valence-electron chi connectivity index (χ3n) is 4.60. The zero-order valence-electron chi connectivity index (χ0n) is 14.3. The Labute approximate surface area is 142 Å². The van der Waals surface area contributed by atoms with Gasteiger partial charge in [-0.1, -0.05) is 6.07 Å². The monoisotopic (exact) mass is 328 g/mol. The molecule has 0 bridgehead atoms. The standard InChI is InChI=1S/C18H24N4O2/c1-20(2)8-15-10-21(12-18-19-5-6-22(18)11-15)9-14-3-4-16-17(7-14)24-13-23-16/h3-7,15H,8-13H2,1-2H3/t15-/m0/s1. The lowest BCUT2D eigenvalue weighted by molar-refractivity contribution is 0.173. The number of benzene rings is 1. The molecule has 24 heavy (non-hydrogen) atoms. The lowest BCUT2D eigenvalue weighted by Crippen LogP contribution is -2.33. The highest BCUT2D eigenvalue weighted by atomic mass is 16.7. The van der Waals surface area contributed by atoms with Crippen molar-refractivity contribution in [1.29, 1.82) is 0 Å². The lowest BCUT2D eigenvalue weighted by Gasteiger charge is -2.25. The highest BCUT2D eigenvalue weighted by Gasteiger charge is 2.23. The van der Waals surface area contributed by atoms with E-state index in [4.69, 9.17) is 9.47 Å². The number of ether oxygens (including phenoxy) is 2. The van der Waals surface area contributed by atoms with Crippen LogP contribution in [0.3, 0.4) is 0 Å². The third-order valence-corrected chi connectivity index (χ3v) is 4.60. The van der Waals surface area contributed by atoms with E-state index in [1.54, 1.807) is 0 Å². The molecule has 0 unspecified atom stereocenters. The van der Waals surface area contributed by atoms with Gasteiger partial charge in [0.15, 0.2) is 11.5 Å². The van der Waals surface area contributed by atoms with E-state index in [9.17, 15) is 0 Å². The summed E-state index contributed by atoms with van der Waals surface area (Å²) in [7, 11) is 4.28. The zero-order valence-corrected chi connectivity index (χ0v) is 14.3. The van der Waals surface area contributed by atoms with Gasteiger partial charge in [0.05, 0.1) is 6.54 Å². The molecule has 0 aliphatic carbocycles. The molecule has 3 heterocycles. The molecule has 1 aromatic carbocycles. The highest BCUT2D eigenvalue weighted by molar-refractivity contribution is 5.44. The Hall–Kier alpha value is -2.05. The Morgan fingerprint density at radius 2 is 2.08 bits per heavy atom. The van der Waals surface area contributed by atoms with E-state index in [2.05, 4.69) is 51.8 Å². The second kappa shape index (κ2) is 6.45. The van der Waals surface area contributed by atoms with Crippen LogP contribution in [0, 0.1) is 5.92 Å². The maximum absolute atomic E-state index is 5.51. The van der Waals surface area contributed by atoms with Crippen LogP contribution in [-0.2, 0) is 19.6 Å². The van der Waals surface area contributed by atoms with Crippen LogP contribution in [0.15, 0.2) is 30.6 Å². The van der Waals surface area contributed by atoms with Gasteiger partial charge in [-0.05, 0) is 31.8 Å². The minimum absolute atomic E-state index is 0.324. The van der Waals surface area contributed by atoms with Gasteiger partial charge in [-0.3, -0.25) is 4.90 Å². The number of rotatable bonds is 4. The molecule has 0 saturated heterocycles. The first-order valence-electron chi connectivity index (χ1n) is 8.43. The number of imidazole rings is 1. The van der Waals surface area contributed by atoms with Crippen LogP contribution in [0.25, 0.3) is 0 Å². The summed E-state index contributed by atoms with van der Waals surface area (Å²) in [4.78, 5) is 9.30. The molecule has 6 heteroatoms. The van der Waals surface area contributed by atoms with Crippen LogP contribution < -0.4 is 9.47 Å². The molecule has 2 aliphatic rings. The minimum atomic E-state index is 0.324. The molecule has 0 radical (unpaired) electrons. The van der Waals surface area contributed by atoms with Crippen LogP contribution in [0.4, 0.5) is 0 Å². The number of hydrogen-bond donors (Lipinski definition) is 0. The van der Waals surface area contributed by atoms with E-state index in [-0.39, 0.29) is 0 Å². The van der Waals surface area contributed by atoms with Gasteiger partial charge in [0.25, 0.3) is 0 Å². The van der Waals surface area contributed by atoms with Crippen molar-refractivity contribution in [3.05, 3.63) is 42.0 Å². The Bertz CT molecular complexity index is 713. The van der Waals surface area contributed by atoms with Crippen LogP contribution >= 0.6 is 0 Å². The quantitative estimate of drug-likeness (QED) is 0.856. The van der Waals surface area contributed by atoms with Crippen molar-refractivity contribution >= 4 is 0 Å². The molecule has 1 atom stereocenters. The predicted octanol–water partition coefficient (Wildman–Crippen LogP) is 1.81. The molecule has 2 aliphatic heterocycles. The molecular weight excluding hydrogens is 304 g/mol. The number of aromatic nitrogens is 2. The van der Waals surface area contributed by atoms with Crippen LogP contribution in [0.2, 0.25) is 0 Å². The number of nitrogens with zero attached hydrogens (tertiary/aromatic N) is 4. The number of hydrogen-bond acceptors (Lipinski definition) is 5.